The van der Waals surface area contributed by atoms with Crippen LogP contribution in [0.3, 0.4) is 0 Å². The molecule has 0 spiro atoms. The van der Waals surface area contributed by atoms with E-state index < -0.39 is 0 Å². The van der Waals surface area contributed by atoms with E-state index in [2.05, 4.69) is 10.6 Å². The molecule has 0 heterocycles. The molecule has 0 aromatic heterocycles. The van der Waals surface area contributed by atoms with E-state index in [-0.39, 0.29) is 11.8 Å². The second-order valence-electron chi connectivity index (χ2n) is 5.36. The Morgan fingerprint density at radius 2 is 1.00 bits per heavy atom. The highest BCUT2D eigenvalue weighted by Crippen LogP contribution is 2.17. The molecule has 0 aromatic carbocycles. The monoisotopic (exact) mass is 254 g/mol. The zero-order valence-corrected chi connectivity index (χ0v) is 11.6. The van der Waals surface area contributed by atoms with Crippen molar-refractivity contribution < 1.29 is 9.59 Å². The first-order chi connectivity index (χ1) is 8.58. The second kappa shape index (κ2) is 8.11. The summed E-state index contributed by atoms with van der Waals surface area (Å²) < 4.78 is 0. The Bertz CT molecular complexity index is 239. The molecule has 18 heavy (non-hydrogen) atoms. The van der Waals surface area contributed by atoms with Gasteiger partial charge in [-0.1, -0.05) is 25.7 Å². The van der Waals surface area contributed by atoms with E-state index in [1.165, 1.54) is 0 Å². The fourth-order valence-corrected chi connectivity index (χ4v) is 2.72. The number of carbonyl (C=O) groups is 2. The van der Waals surface area contributed by atoms with E-state index in [4.69, 9.17) is 0 Å². The lowest BCUT2D eigenvalue weighted by atomic mass is 9.95. The molecule has 2 amide bonds. The van der Waals surface area contributed by atoms with E-state index in [0.29, 0.717) is 12.1 Å². The predicted molar refractivity (Wildman–Crippen MR) is 72.1 cm³/mol. The molecule has 4 nitrogen and oxygen atoms in total. The molecule has 1 saturated carbocycles. The molecule has 0 bridgehead atoms. The van der Waals surface area contributed by atoms with Gasteiger partial charge in [-0.05, 0) is 25.7 Å². The lowest BCUT2D eigenvalue weighted by Gasteiger charge is -2.23. The Kier molecular flexibility index (Phi) is 6.76. The number of hydrogen-bond acceptors (Lipinski definition) is 2. The number of rotatable bonds is 2. The predicted octanol–water partition coefficient (Wildman–Crippen LogP) is 2.13. The van der Waals surface area contributed by atoms with Crippen LogP contribution < -0.4 is 10.6 Å². The van der Waals surface area contributed by atoms with Gasteiger partial charge in [0.25, 0.3) is 0 Å². The highest BCUT2D eigenvalue weighted by atomic mass is 16.2. The maximum absolute atomic E-state index is 11.1. The van der Waals surface area contributed by atoms with Crippen LogP contribution in [0.15, 0.2) is 0 Å². The van der Waals surface area contributed by atoms with Gasteiger partial charge in [-0.2, -0.15) is 0 Å². The van der Waals surface area contributed by atoms with Gasteiger partial charge in [0.15, 0.2) is 0 Å². The largest absolute Gasteiger partial charge is 0.354 e. The van der Waals surface area contributed by atoms with Crippen molar-refractivity contribution in [3.05, 3.63) is 0 Å². The van der Waals surface area contributed by atoms with Crippen molar-refractivity contribution in [1.29, 1.82) is 0 Å². The van der Waals surface area contributed by atoms with E-state index in [1.54, 1.807) is 13.8 Å². The van der Waals surface area contributed by atoms with Crippen molar-refractivity contribution in [2.45, 2.75) is 77.3 Å². The Balaban J connectivity index is 2.35. The summed E-state index contributed by atoms with van der Waals surface area (Å²) >= 11 is 0. The SMILES string of the molecule is CC(=O)NC1CCCCC(NC(C)=O)CCCC1. The lowest BCUT2D eigenvalue weighted by Crippen LogP contribution is -2.35. The molecular formula is C14H26N2O2. The minimum Gasteiger partial charge on any atom is -0.354 e. The van der Waals surface area contributed by atoms with Gasteiger partial charge < -0.3 is 10.6 Å². The summed E-state index contributed by atoms with van der Waals surface area (Å²) in [5, 5.41) is 6.06. The van der Waals surface area contributed by atoms with Crippen molar-refractivity contribution in [3.8, 4) is 0 Å². The zero-order chi connectivity index (χ0) is 13.4. The average Bonchev–Trinajstić information content (AvgIpc) is 2.27. The Morgan fingerprint density at radius 1 is 0.722 bits per heavy atom. The van der Waals surface area contributed by atoms with Crippen molar-refractivity contribution in [3.63, 3.8) is 0 Å². The first-order valence-corrected chi connectivity index (χ1v) is 7.12. The fraction of sp³-hybridized carbons (Fsp3) is 0.857. The summed E-state index contributed by atoms with van der Waals surface area (Å²) in [7, 11) is 0. The number of carbonyl (C=O) groups excluding carboxylic acids is 2. The summed E-state index contributed by atoms with van der Waals surface area (Å²) in [5.41, 5.74) is 0. The van der Waals surface area contributed by atoms with Crippen LogP contribution in [0.4, 0.5) is 0 Å². The molecule has 1 fully saturated rings. The smallest absolute Gasteiger partial charge is 0.217 e. The third kappa shape index (κ3) is 6.62. The van der Waals surface area contributed by atoms with Gasteiger partial charge in [-0.15, -0.1) is 0 Å². The third-order valence-corrected chi connectivity index (χ3v) is 3.53. The zero-order valence-electron chi connectivity index (χ0n) is 11.6. The maximum atomic E-state index is 11.1. The Hall–Kier alpha value is -1.06. The average molecular weight is 254 g/mol. The lowest BCUT2D eigenvalue weighted by molar-refractivity contribution is -0.120. The summed E-state index contributed by atoms with van der Waals surface area (Å²) in [6, 6.07) is 0.694. The van der Waals surface area contributed by atoms with Crippen LogP contribution in [-0.2, 0) is 9.59 Å². The van der Waals surface area contributed by atoms with E-state index in [1.807, 2.05) is 0 Å². The van der Waals surface area contributed by atoms with Crippen LogP contribution in [0.1, 0.15) is 65.2 Å². The molecule has 0 saturated heterocycles. The van der Waals surface area contributed by atoms with Crippen molar-refractivity contribution >= 4 is 11.8 Å². The minimum atomic E-state index is 0.0770. The van der Waals surface area contributed by atoms with Crippen LogP contribution in [0, 0.1) is 0 Å². The Labute approximate surface area is 110 Å². The standard InChI is InChI=1S/C14H26N2O2/c1-11(17)15-13-7-3-5-9-14(16-12(2)18)10-6-4-8-13/h13-14H,3-10H2,1-2H3,(H,15,17)(H,16,18). The molecule has 0 aromatic rings. The quantitative estimate of drug-likeness (QED) is 0.793. The van der Waals surface area contributed by atoms with Crippen LogP contribution >= 0.6 is 0 Å². The molecule has 1 aliphatic carbocycles. The minimum absolute atomic E-state index is 0.0770. The van der Waals surface area contributed by atoms with E-state index >= 15 is 0 Å². The highest BCUT2D eigenvalue weighted by molar-refractivity contribution is 5.73. The van der Waals surface area contributed by atoms with Crippen molar-refractivity contribution in [2.24, 2.45) is 0 Å². The molecule has 4 heteroatoms. The van der Waals surface area contributed by atoms with Gasteiger partial charge in [0.1, 0.15) is 0 Å². The second-order valence-corrected chi connectivity index (χ2v) is 5.36. The van der Waals surface area contributed by atoms with Crippen molar-refractivity contribution in [1.82, 2.24) is 10.6 Å². The number of hydrogen-bond donors (Lipinski definition) is 2. The van der Waals surface area contributed by atoms with Gasteiger partial charge in [-0.25, -0.2) is 0 Å². The van der Waals surface area contributed by atoms with Gasteiger partial charge >= 0.3 is 0 Å². The molecular weight excluding hydrogens is 228 g/mol. The van der Waals surface area contributed by atoms with Gasteiger partial charge in [0.2, 0.25) is 11.8 Å². The van der Waals surface area contributed by atoms with Crippen LogP contribution in [0.5, 0.6) is 0 Å². The number of amides is 2. The third-order valence-electron chi connectivity index (χ3n) is 3.53. The van der Waals surface area contributed by atoms with Crippen LogP contribution in [-0.4, -0.2) is 23.9 Å². The molecule has 0 aliphatic heterocycles. The molecule has 1 rings (SSSR count). The summed E-state index contributed by atoms with van der Waals surface area (Å²) in [6.45, 7) is 3.18. The van der Waals surface area contributed by atoms with E-state index in [9.17, 15) is 9.59 Å². The molecule has 104 valence electrons. The summed E-state index contributed by atoms with van der Waals surface area (Å²) in [5.74, 6) is 0.154. The summed E-state index contributed by atoms with van der Waals surface area (Å²) in [6.07, 6.45) is 8.75. The van der Waals surface area contributed by atoms with Crippen LogP contribution in [0.2, 0.25) is 0 Å². The normalized spacial score (nSPS) is 26.1. The van der Waals surface area contributed by atoms with Gasteiger partial charge in [-0.3, -0.25) is 9.59 Å². The summed E-state index contributed by atoms with van der Waals surface area (Å²) in [4.78, 5) is 22.2. The topological polar surface area (TPSA) is 58.2 Å². The van der Waals surface area contributed by atoms with Crippen molar-refractivity contribution in [2.75, 3.05) is 0 Å². The molecule has 0 radical (unpaired) electrons. The van der Waals surface area contributed by atoms with Gasteiger partial charge in [0, 0.05) is 25.9 Å². The van der Waals surface area contributed by atoms with Gasteiger partial charge in [0.05, 0.1) is 0 Å². The molecule has 1 aliphatic rings. The highest BCUT2D eigenvalue weighted by Gasteiger charge is 2.15. The number of nitrogens with one attached hydrogen (secondary N) is 2. The van der Waals surface area contributed by atoms with E-state index in [0.717, 1.165) is 51.4 Å². The molecule has 0 unspecified atom stereocenters. The fourth-order valence-electron chi connectivity index (χ4n) is 2.72. The maximum Gasteiger partial charge on any atom is 0.217 e. The first kappa shape index (κ1) is 15.0. The molecule has 0 atom stereocenters. The van der Waals surface area contributed by atoms with Crippen LogP contribution in [0.25, 0.3) is 0 Å². The Morgan fingerprint density at radius 3 is 1.22 bits per heavy atom. The first-order valence-electron chi connectivity index (χ1n) is 7.12. The molecule has 2 N–H and O–H groups in total.